The summed E-state index contributed by atoms with van der Waals surface area (Å²) >= 11 is 0. The van der Waals surface area contributed by atoms with Gasteiger partial charge in [-0.05, 0) is 30.0 Å². The molecule has 0 amide bonds. The van der Waals surface area contributed by atoms with Gasteiger partial charge in [0.1, 0.15) is 6.61 Å². The second-order valence-electron chi connectivity index (χ2n) is 4.37. The highest BCUT2D eigenvalue weighted by atomic mass is 16.5. The summed E-state index contributed by atoms with van der Waals surface area (Å²) in [4.78, 5) is 0. The molecule has 2 N–H and O–H groups in total. The predicted octanol–water partition coefficient (Wildman–Crippen LogP) is 2.90. The van der Waals surface area contributed by atoms with Crippen molar-refractivity contribution in [3.05, 3.63) is 59.7 Å². The molecule has 19 heavy (non-hydrogen) atoms. The Morgan fingerprint density at radius 2 is 1.74 bits per heavy atom. The molecule has 0 bridgehead atoms. The first-order valence-electron chi connectivity index (χ1n) is 6.39. The number of aliphatic hydroxyl groups excluding tert-OH is 1. The Balaban J connectivity index is 2.04. The van der Waals surface area contributed by atoms with Crippen molar-refractivity contribution in [3.63, 3.8) is 0 Å². The molecule has 2 rings (SSSR count). The number of hydrogen-bond donors (Lipinski definition) is 2. The second kappa shape index (κ2) is 6.81. The molecule has 0 saturated heterocycles. The topological polar surface area (TPSA) is 49.7 Å². The van der Waals surface area contributed by atoms with Gasteiger partial charge in [-0.2, -0.15) is 0 Å². The van der Waals surface area contributed by atoms with Crippen molar-refractivity contribution < 1.29 is 14.9 Å². The molecule has 0 atom stereocenters. The van der Waals surface area contributed by atoms with Crippen LogP contribution in [0.15, 0.2) is 48.5 Å². The van der Waals surface area contributed by atoms with E-state index in [4.69, 9.17) is 9.84 Å². The van der Waals surface area contributed by atoms with Gasteiger partial charge in [0.15, 0.2) is 11.5 Å². The van der Waals surface area contributed by atoms with Crippen molar-refractivity contribution in [2.45, 2.75) is 19.4 Å². The molecule has 3 heteroatoms. The Hall–Kier alpha value is -2.00. The van der Waals surface area contributed by atoms with E-state index < -0.39 is 0 Å². The lowest BCUT2D eigenvalue weighted by Gasteiger charge is -2.11. The quantitative estimate of drug-likeness (QED) is 0.837. The summed E-state index contributed by atoms with van der Waals surface area (Å²) in [6.07, 6.45) is 1.28. The van der Waals surface area contributed by atoms with Gasteiger partial charge < -0.3 is 14.9 Å². The number of aryl methyl sites for hydroxylation is 1. The molecule has 2 aromatic rings. The lowest BCUT2D eigenvalue weighted by molar-refractivity contribution is 0.282. The van der Waals surface area contributed by atoms with Gasteiger partial charge in [-0.1, -0.05) is 42.5 Å². The highest BCUT2D eigenvalue weighted by molar-refractivity contribution is 5.45. The average molecular weight is 258 g/mol. The average Bonchev–Trinajstić information content (AvgIpc) is 2.46. The van der Waals surface area contributed by atoms with Gasteiger partial charge in [0.2, 0.25) is 0 Å². The third-order valence-electron chi connectivity index (χ3n) is 2.92. The molecule has 0 unspecified atom stereocenters. The van der Waals surface area contributed by atoms with Crippen LogP contribution >= 0.6 is 0 Å². The van der Waals surface area contributed by atoms with Crippen LogP contribution in [0.4, 0.5) is 0 Å². The number of phenols is 1. The van der Waals surface area contributed by atoms with Gasteiger partial charge >= 0.3 is 0 Å². The van der Waals surface area contributed by atoms with Gasteiger partial charge in [-0.25, -0.2) is 0 Å². The minimum absolute atomic E-state index is 0.120. The molecule has 0 aromatic heterocycles. The van der Waals surface area contributed by atoms with Crippen molar-refractivity contribution in [1.82, 2.24) is 0 Å². The maximum Gasteiger partial charge on any atom is 0.161 e. The number of benzene rings is 2. The smallest absolute Gasteiger partial charge is 0.161 e. The van der Waals surface area contributed by atoms with E-state index in [1.165, 1.54) is 0 Å². The Kier molecular flexibility index (Phi) is 4.81. The third-order valence-corrected chi connectivity index (χ3v) is 2.92. The summed E-state index contributed by atoms with van der Waals surface area (Å²) in [7, 11) is 0. The Morgan fingerprint density at radius 3 is 2.47 bits per heavy atom. The summed E-state index contributed by atoms with van der Waals surface area (Å²) in [6.45, 7) is 0.548. The molecular formula is C16H18O3. The molecule has 3 nitrogen and oxygen atoms in total. The van der Waals surface area contributed by atoms with Crippen LogP contribution in [0.5, 0.6) is 11.5 Å². The van der Waals surface area contributed by atoms with E-state index in [0.717, 1.165) is 11.1 Å². The fraction of sp³-hybridized carbons (Fsp3) is 0.250. The molecule has 0 fully saturated rings. The van der Waals surface area contributed by atoms with Gasteiger partial charge in [0.25, 0.3) is 0 Å². The van der Waals surface area contributed by atoms with Gasteiger partial charge in [0, 0.05) is 6.61 Å². The summed E-state index contributed by atoms with van der Waals surface area (Å²) in [5, 5.41) is 18.9. The SMILES string of the molecule is OCCCc1cccc(OCc2ccccc2)c1O. The number of hydrogen-bond acceptors (Lipinski definition) is 3. The molecule has 0 aliphatic heterocycles. The van der Waals surface area contributed by atoms with Gasteiger partial charge in [-0.3, -0.25) is 0 Å². The fourth-order valence-electron chi connectivity index (χ4n) is 1.89. The molecule has 0 aliphatic rings. The lowest BCUT2D eigenvalue weighted by atomic mass is 10.1. The number of aromatic hydroxyl groups is 1. The largest absolute Gasteiger partial charge is 0.504 e. The summed E-state index contributed by atoms with van der Waals surface area (Å²) in [6, 6.07) is 15.3. The van der Waals surface area contributed by atoms with E-state index in [9.17, 15) is 5.11 Å². The predicted molar refractivity (Wildman–Crippen MR) is 74.3 cm³/mol. The molecule has 0 radical (unpaired) electrons. The highest BCUT2D eigenvalue weighted by Crippen LogP contribution is 2.31. The molecular weight excluding hydrogens is 240 g/mol. The molecule has 0 heterocycles. The summed E-state index contributed by atoms with van der Waals surface area (Å²) in [5.41, 5.74) is 1.86. The zero-order valence-corrected chi connectivity index (χ0v) is 10.7. The fourth-order valence-corrected chi connectivity index (χ4v) is 1.89. The first-order valence-corrected chi connectivity index (χ1v) is 6.39. The molecule has 2 aromatic carbocycles. The van der Waals surface area contributed by atoms with Crippen LogP contribution in [-0.2, 0) is 13.0 Å². The molecule has 0 spiro atoms. The monoisotopic (exact) mass is 258 g/mol. The Morgan fingerprint density at radius 1 is 0.947 bits per heavy atom. The van der Waals surface area contributed by atoms with Crippen molar-refractivity contribution in [3.8, 4) is 11.5 Å². The third kappa shape index (κ3) is 3.73. The van der Waals surface area contributed by atoms with Crippen molar-refractivity contribution in [1.29, 1.82) is 0 Å². The number of phenolic OH excluding ortho intramolecular Hbond substituents is 1. The minimum atomic E-state index is 0.120. The molecule has 0 saturated carbocycles. The zero-order valence-electron chi connectivity index (χ0n) is 10.7. The van der Waals surface area contributed by atoms with Crippen LogP contribution in [0.1, 0.15) is 17.5 Å². The maximum absolute atomic E-state index is 10.1. The van der Waals surface area contributed by atoms with Gasteiger partial charge in [-0.15, -0.1) is 0 Å². The zero-order chi connectivity index (χ0) is 13.5. The highest BCUT2D eigenvalue weighted by Gasteiger charge is 2.07. The Bertz CT molecular complexity index is 509. The van der Waals surface area contributed by atoms with Crippen molar-refractivity contribution >= 4 is 0 Å². The summed E-state index contributed by atoms with van der Waals surface area (Å²) < 4.78 is 5.63. The minimum Gasteiger partial charge on any atom is -0.504 e. The van der Waals surface area contributed by atoms with E-state index in [0.29, 0.717) is 25.2 Å². The van der Waals surface area contributed by atoms with Crippen LogP contribution in [0, 0.1) is 0 Å². The van der Waals surface area contributed by atoms with Crippen LogP contribution in [0.3, 0.4) is 0 Å². The number of para-hydroxylation sites is 1. The standard InChI is InChI=1S/C16H18O3/c17-11-5-9-14-8-4-10-15(16(14)18)19-12-13-6-2-1-3-7-13/h1-4,6-8,10,17-18H,5,9,11-12H2. The lowest BCUT2D eigenvalue weighted by Crippen LogP contribution is -1.97. The first-order chi connectivity index (χ1) is 9.31. The number of ether oxygens (including phenoxy) is 1. The molecule has 100 valence electrons. The van der Waals surface area contributed by atoms with Crippen LogP contribution in [-0.4, -0.2) is 16.8 Å². The maximum atomic E-state index is 10.1. The number of aliphatic hydroxyl groups is 1. The van der Waals surface area contributed by atoms with Crippen LogP contribution < -0.4 is 4.74 Å². The van der Waals surface area contributed by atoms with Gasteiger partial charge in [0.05, 0.1) is 0 Å². The van der Waals surface area contributed by atoms with E-state index in [1.807, 2.05) is 42.5 Å². The Labute approximate surface area is 113 Å². The van der Waals surface area contributed by atoms with Crippen LogP contribution in [0.25, 0.3) is 0 Å². The second-order valence-corrected chi connectivity index (χ2v) is 4.37. The van der Waals surface area contributed by atoms with E-state index in [2.05, 4.69) is 0 Å². The first kappa shape index (κ1) is 13.4. The van der Waals surface area contributed by atoms with E-state index >= 15 is 0 Å². The molecule has 0 aliphatic carbocycles. The summed E-state index contributed by atoms with van der Waals surface area (Å²) in [5.74, 6) is 0.658. The van der Waals surface area contributed by atoms with E-state index in [-0.39, 0.29) is 12.4 Å². The number of rotatable bonds is 6. The normalized spacial score (nSPS) is 10.4. The van der Waals surface area contributed by atoms with E-state index in [1.54, 1.807) is 6.07 Å². The van der Waals surface area contributed by atoms with Crippen molar-refractivity contribution in [2.24, 2.45) is 0 Å². The van der Waals surface area contributed by atoms with Crippen LogP contribution in [0.2, 0.25) is 0 Å². The van der Waals surface area contributed by atoms with Crippen molar-refractivity contribution in [2.75, 3.05) is 6.61 Å².